The van der Waals surface area contributed by atoms with E-state index in [0.717, 1.165) is 78.1 Å². The number of benzene rings is 3. The first-order chi connectivity index (χ1) is 19.5. The molecule has 40 heavy (non-hydrogen) atoms. The molecule has 3 aromatic rings. The number of para-hydroxylation sites is 1. The van der Waals surface area contributed by atoms with Gasteiger partial charge >= 0.3 is 0 Å². The number of methoxy groups -OCH3 is 2. The van der Waals surface area contributed by atoms with Crippen LogP contribution in [0.3, 0.4) is 0 Å². The zero-order chi connectivity index (χ0) is 27.5. The van der Waals surface area contributed by atoms with Crippen LogP contribution < -0.4 is 14.8 Å². The molecule has 3 heterocycles. The Morgan fingerprint density at radius 2 is 1.60 bits per heavy atom. The highest BCUT2D eigenvalue weighted by Crippen LogP contribution is 2.69. The summed E-state index contributed by atoms with van der Waals surface area (Å²) < 4.78 is 10.8. The van der Waals surface area contributed by atoms with E-state index in [-0.39, 0.29) is 23.7 Å². The van der Waals surface area contributed by atoms with Crippen LogP contribution in [0, 0.1) is 5.41 Å². The molecule has 3 aromatic carbocycles. The summed E-state index contributed by atoms with van der Waals surface area (Å²) >= 11 is 0. The van der Waals surface area contributed by atoms with E-state index < -0.39 is 11.0 Å². The van der Waals surface area contributed by atoms with Crippen molar-refractivity contribution >= 4 is 23.5 Å². The van der Waals surface area contributed by atoms with E-state index >= 15 is 4.79 Å². The number of hydrogen-bond donors (Lipinski definition) is 1. The topological polar surface area (TPSA) is 67.9 Å². The molecule has 1 aliphatic carbocycles. The monoisotopic (exact) mass is 534 g/mol. The SMILES string of the molecule is COc1ccc(/C=C2\CCC[C@@]3(C2=O)[C@@H]2CCCN2[C@@]2(C(=O)Nc4ccccc42)[C@H]3c2ccc(OC)cc2)cc1. The van der Waals surface area contributed by atoms with Crippen molar-refractivity contribution in [3.05, 3.63) is 95.1 Å². The summed E-state index contributed by atoms with van der Waals surface area (Å²) in [4.78, 5) is 31.8. The highest BCUT2D eigenvalue weighted by molar-refractivity contribution is 6.11. The molecule has 1 N–H and O–H groups in total. The van der Waals surface area contributed by atoms with Crippen molar-refractivity contribution in [2.24, 2.45) is 5.41 Å². The predicted molar refractivity (Wildman–Crippen MR) is 154 cm³/mol. The van der Waals surface area contributed by atoms with Gasteiger partial charge in [-0.15, -0.1) is 0 Å². The smallest absolute Gasteiger partial charge is 0.250 e. The van der Waals surface area contributed by atoms with Gasteiger partial charge in [0, 0.05) is 23.2 Å². The molecule has 1 amide bonds. The summed E-state index contributed by atoms with van der Waals surface area (Å²) in [6.45, 7) is 0.797. The van der Waals surface area contributed by atoms with Gasteiger partial charge in [0.1, 0.15) is 17.0 Å². The number of allylic oxidation sites excluding steroid dienone is 1. The summed E-state index contributed by atoms with van der Waals surface area (Å²) in [5.74, 6) is 1.40. The van der Waals surface area contributed by atoms with E-state index in [9.17, 15) is 4.79 Å². The minimum atomic E-state index is -0.940. The second kappa shape index (κ2) is 9.34. The Labute approximate surface area is 235 Å². The Morgan fingerprint density at radius 1 is 0.900 bits per heavy atom. The predicted octanol–water partition coefficient (Wildman–Crippen LogP) is 5.94. The summed E-state index contributed by atoms with van der Waals surface area (Å²) in [5.41, 5.74) is 3.05. The number of nitrogens with zero attached hydrogens (tertiary/aromatic N) is 1. The molecule has 0 unspecified atom stereocenters. The van der Waals surface area contributed by atoms with E-state index in [1.807, 2.05) is 54.6 Å². The number of ketones is 1. The number of carbonyl (C=O) groups is 2. The van der Waals surface area contributed by atoms with Crippen LogP contribution in [0.4, 0.5) is 5.69 Å². The molecule has 204 valence electrons. The molecule has 4 atom stereocenters. The highest BCUT2D eigenvalue weighted by atomic mass is 16.5. The first-order valence-electron chi connectivity index (χ1n) is 14.2. The highest BCUT2D eigenvalue weighted by Gasteiger charge is 2.75. The van der Waals surface area contributed by atoms with Crippen molar-refractivity contribution in [1.82, 2.24) is 4.90 Å². The average Bonchev–Trinajstić information content (AvgIpc) is 3.65. The third kappa shape index (κ3) is 3.32. The van der Waals surface area contributed by atoms with Gasteiger partial charge in [0.05, 0.1) is 19.6 Å². The molecule has 0 bridgehead atoms. The van der Waals surface area contributed by atoms with E-state index in [1.165, 1.54) is 0 Å². The lowest BCUT2D eigenvalue weighted by atomic mass is 9.55. The van der Waals surface area contributed by atoms with Gasteiger partial charge in [0.15, 0.2) is 5.78 Å². The molecule has 3 aliphatic heterocycles. The second-order valence-electron chi connectivity index (χ2n) is 11.5. The van der Waals surface area contributed by atoms with Crippen LogP contribution in [0.2, 0.25) is 0 Å². The quantitative estimate of drug-likeness (QED) is 0.420. The summed E-state index contributed by atoms with van der Waals surface area (Å²) in [7, 11) is 3.31. The number of rotatable bonds is 4. The van der Waals surface area contributed by atoms with Gasteiger partial charge in [-0.05, 0) is 91.8 Å². The van der Waals surface area contributed by atoms with E-state index in [4.69, 9.17) is 9.47 Å². The zero-order valence-electron chi connectivity index (χ0n) is 23.0. The Morgan fingerprint density at radius 3 is 2.33 bits per heavy atom. The van der Waals surface area contributed by atoms with Crippen LogP contribution in [-0.4, -0.2) is 43.4 Å². The van der Waals surface area contributed by atoms with Gasteiger partial charge < -0.3 is 14.8 Å². The van der Waals surface area contributed by atoms with E-state index in [2.05, 4.69) is 34.5 Å². The fourth-order valence-corrected chi connectivity index (χ4v) is 8.36. The maximum atomic E-state index is 15.0. The van der Waals surface area contributed by atoms with Crippen molar-refractivity contribution in [2.45, 2.75) is 49.6 Å². The van der Waals surface area contributed by atoms with Crippen molar-refractivity contribution in [3.63, 3.8) is 0 Å². The third-order valence-corrected chi connectivity index (χ3v) is 9.82. The molecular weight excluding hydrogens is 500 g/mol. The van der Waals surface area contributed by atoms with Gasteiger partial charge in [-0.25, -0.2) is 0 Å². The van der Waals surface area contributed by atoms with Crippen molar-refractivity contribution in [3.8, 4) is 11.5 Å². The van der Waals surface area contributed by atoms with Crippen LogP contribution in [0.15, 0.2) is 78.4 Å². The Kier molecular flexibility index (Phi) is 5.86. The van der Waals surface area contributed by atoms with E-state index in [0.29, 0.717) is 0 Å². The number of anilines is 1. The lowest BCUT2D eigenvalue weighted by Crippen LogP contribution is -2.50. The molecule has 3 fully saturated rings. The summed E-state index contributed by atoms with van der Waals surface area (Å²) in [6.07, 6.45) is 6.35. The Bertz CT molecular complexity index is 1510. The molecule has 6 nitrogen and oxygen atoms in total. The molecular formula is C34H34N2O4. The molecule has 2 saturated heterocycles. The van der Waals surface area contributed by atoms with Gasteiger partial charge in [0.2, 0.25) is 5.91 Å². The minimum Gasteiger partial charge on any atom is -0.497 e. The number of hydrogen-bond acceptors (Lipinski definition) is 5. The Hall–Kier alpha value is -3.90. The van der Waals surface area contributed by atoms with Crippen molar-refractivity contribution in [1.29, 1.82) is 0 Å². The lowest BCUT2D eigenvalue weighted by Gasteiger charge is -2.44. The van der Waals surface area contributed by atoms with Crippen LogP contribution in [0.25, 0.3) is 6.08 Å². The number of amides is 1. The van der Waals surface area contributed by atoms with Gasteiger partial charge in [0.25, 0.3) is 0 Å². The number of ether oxygens (including phenoxy) is 2. The molecule has 1 saturated carbocycles. The summed E-state index contributed by atoms with van der Waals surface area (Å²) in [5, 5.41) is 3.22. The van der Waals surface area contributed by atoms with Gasteiger partial charge in [-0.1, -0.05) is 42.5 Å². The number of fused-ring (bicyclic) bond motifs is 5. The zero-order valence-corrected chi connectivity index (χ0v) is 23.0. The summed E-state index contributed by atoms with van der Waals surface area (Å²) in [6, 6.07) is 24.0. The van der Waals surface area contributed by atoms with Crippen LogP contribution in [0.5, 0.6) is 11.5 Å². The fourth-order valence-electron chi connectivity index (χ4n) is 8.36. The van der Waals surface area contributed by atoms with E-state index in [1.54, 1.807) is 14.2 Å². The van der Waals surface area contributed by atoms with Gasteiger partial charge in [-0.3, -0.25) is 14.5 Å². The second-order valence-corrected chi connectivity index (χ2v) is 11.5. The molecule has 0 aromatic heterocycles. The maximum absolute atomic E-state index is 15.0. The largest absolute Gasteiger partial charge is 0.497 e. The Balaban J connectivity index is 1.45. The van der Waals surface area contributed by atoms with Gasteiger partial charge in [-0.2, -0.15) is 0 Å². The first-order valence-corrected chi connectivity index (χ1v) is 14.2. The third-order valence-electron chi connectivity index (χ3n) is 9.82. The number of carbonyl (C=O) groups excluding carboxylic acids is 2. The first kappa shape index (κ1) is 25.1. The molecule has 0 radical (unpaired) electrons. The van der Waals surface area contributed by atoms with Crippen molar-refractivity contribution in [2.75, 3.05) is 26.1 Å². The normalized spacial score (nSPS) is 30.1. The van der Waals surface area contributed by atoms with Crippen LogP contribution >= 0.6 is 0 Å². The molecule has 7 rings (SSSR count). The van der Waals surface area contributed by atoms with Crippen LogP contribution in [-0.2, 0) is 15.1 Å². The maximum Gasteiger partial charge on any atom is 0.250 e. The van der Waals surface area contributed by atoms with Crippen LogP contribution in [0.1, 0.15) is 54.7 Å². The standard InChI is InChI=1S/C34H34N2O4/c1-39-25-15-11-22(12-16-25)21-24-7-5-19-33(31(24)37)29-10-6-20-36(29)34(27-8-3-4-9-28(27)35-32(34)38)30(33)23-13-17-26(40-2)18-14-23/h3-4,8-9,11-18,21,29-30H,5-7,10,19-20H2,1-2H3,(H,35,38)/b24-21+/t29-,30-,33+,34+/m0/s1. The fraction of sp³-hybridized carbons (Fsp3) is 0.353. The number of nitrogens with one attached hydrogen (secondary N) is 1. The molecule has 4 aliphatic rings. The molecule has 2 spiro atoms. The minimum absolute atomic E-state index is 0.0106. The van der Waals surface area contributed by atoms with Crippen molar-refractivity contribution < 1.29 is 19.1 Å². The average molecular weight is 535 g/mol. The number of Topliss-reactive ketones (excluding diaryl/α,β-unsaturated/α-hetero) is 1. The molecule has 6 heteroatoms. The lowest BCUT2D eigenvalue weighted by molar-refractivity contribution is -0.129.